The van der Waals surface area contributed by atoms with Crippen molar-refractivity contribution in [3.63, 3.8) is 0 Å². The molecular formula is C18H16N2O5S. The molecule has 0 unspecified atom stereocenters. The van der Waals surface area contributed by atoms with Crippen molar-refractivity contribution >= 4 is 47.1 Å². The molecule has 26 heavy (non-hydrogen) atoms. The van der Waals surface area contributed by atoms with Gasteiger partial charge in [0.25, 0.3) is 0 Å². The van der Waals surface area contributed by atoms with E-state index in [0.717, 1.165) is 0 Å². The number of rotatable bonds is 5. The normalized spacial score (nSPS) is 9.77. The van der Waals surface area contributed by atoms with Gasteiger partial charge in [0.05, 0.1) is 31.0 Å². The molecule has 7 nitrogen and oxygen atoms in total. The molecule has 134 valence electrons. The maximum Gasteiger partial charge on any atom is 0.337 e. The Balaban J connectivity index is 2.12. The minimum Gasteiger partial charge on any atom is -0.465 e. The number of hydrogen-bond acceptors (Lipinski definition) is 6. The van der Waals surface area contributed by atoms with Gasteiger partial charge in [-0.3, -0.25) is 9.69 Å². The monoisotopic (exact) mass is 372 g/mol. The van der Waals surface area contributed by atoms with E-state index in [2.05, 4.69) is 14.8 Å². The van der Waals surface area contributed by atoms with Crippen molar-refractivity contribution in [3.05, 3.63) is 59.7 Å². The Morgan fingerprint density at radius 2 is 1.38 bits per heavy atom. The third kappa shape index (κ3) is 4.42. The van der Waals surface area contributed by atoms with Crippen LogP contribution in [0.5, 0.6) is 0 Å². The fourth-order valence-corrected chi connectivity index (χ4v) is 2.36. The van der Waals surface area contributed by atoms with Gasteiger partial charge in [0.1, 0.15) is 0 Å². The lowest BCUT2D eigenvalue weighted by atomic mass is 10.2. The van der Waals surface area contributed by atoms with Crippen LogP contribution in [-0.2, 0) is 14.3 Å². The first-order valence-electron chi connectivity index (χ1n) is 7.42. The van der Waals surface area contributed by atoms with Gasteiger partial charge < -0.3 is 14.8 Å². The molecule has 2 aromatic carbocycles. The third-order valence-corrected chi connectivity index (χ3v) is 3.75. The Morgan fingerprint density at radius 3 is 1.81 bits per heavy atom. The van der Waals surface area contributed by atoms with E-state index in [1.165, 1.54) is 31.3 Å². The SMILES string of the molecule is COC(=O)c1ccc(NC(=S)N(C=O)c2ccc(C(=O)OC)cc2)cc1. The minimum atomic E-state index is -0.472. The number of nitrogens with one attached hydrogen (secondary N) is 1. The predicted molar refractivity (Wildman–Crippen MR) is 100 cm³/mol. The molecule has 1 amide bonds. The molecule has 0 heterocycles. The number of carbonyl (C=O) groups excluding carboxylic acids is 3. The smallest absolute Gasteiger partial charge is 0.337 e. The Morgan fingerprint density at radius 1 is 0.923 bits per heavy atom. The number of nitrogens with zero attached hydrogens (tertiary/aromatic N) is 1. The van der Waals surface area contributed by atoms with E-state index in [1.807, 2.05) is 0 Å². The molecule has 0 aromatic heterocycles. The Hall–Kier alpha value is -3.26. The molecule has 0 spiro atoms. The largest absolute Gasteiger partial charge is 0.465 e. The zero-order valence-corrected chi connectivity index (χ0v) is 14.9. The summed E-state index contributed by atoms with van der Waals surface area (Å²) in [5.74, 6) is -0.917. The molecule has 0 saturated carbocycles. The molecule has 0 saturated heterocycles. The van der Waals surface area contributed by atoms with Crippen LogP contribution < -0.4 is 10.2 Å². The standard InChI is InChI=1S/C18H16N2O5S/c1-24-16(22)12-3-7-14(8-4-12)19-18(26)20(11-21)15-9-5-13(6-10-15)17(23)25-2/h3-11H,1-2H3,(H,19,26). The minimum absolute atomic E-state index is 0.136. The average Bonchev–Trinajstić information content (AvgIpc) is 2.68. The van der Waals surface area contributed by atoms with Gasteiger partial charge in [-0.15, -0.1) is 0 Å². The van der Waals surface area contributed by atoms with E-state index in [-0.39, 0.29) is 5.11 Å². The molecular weight excluding hydrogens is 356 g/mol. The summed E-state index contributed by atoms with van der Waals surface area (Å²) in [5, 5.41) is 3.04. The topological polar surface area (TPSA) is 84.9 Å². The summed E-state index contributed by atoms with van der Waals surface area (Å²) in [4.78, 5) is 35.5. The second-order valence-corrected chi connectivity index (χ2v) is 5.40. The second kappa shape index (κ2) is 8.72. The first kappa shape index (κ1) is 19.1. The molecule has 2 aromatic rings. The highest BCUT2D eigenvalue weighted by molar-refractivity contribution is 7.80. The summed E-state index contributed by atoms with van der Waals surface area (Å²) in [7, 11) is 2.59. The number of hydrogen-bond donors (Lipinski definition) is 1. The summed E-state index contributed by atoms with van der Waals surface area (Å²) in [6.07, 6.45) is 0.561. The van der Waals surface area contributed by atoms with Crippen molar-refractivity contribution in [2.75, 3.05) is 24.4 Å². The van der Waals surface area contributed by atoms with Gasteiger partial charge in [0.2, 0.25) is 6.41 Å². The van der Waals surface area contributed by atoms with Crippen LogP contribution in [0.2, 0.25) is 0 Å². The van der Waals surface area contributed by atoms with Crippen LogP contribution in [0, 0.1) is 0 Å². The zero-order chi connectivity index (χ0) is 19.1. The highest BCUT2D eigenvalue weighted by Crippen LogP contribution is 2.17. The zero-order valence-electron chi connectivity index (χ0n) is 14.1. The predicted octanol–water partition coefficient (Wildman–Crippen LogP) is 2.62. The molecule has 0 aliphatic heterocycles. The molecule has 0 atom stereocenters. The lowest BCUT2D eigenvalue weighted by molar-refractivity contribution is -0.106. The Labute approximate surface area is 155 Å². The Kier molecular flexibility index (Phi) is 6.40. The van der Waals surface area contributed by atoms with E-state index in [0.29, 0.717) is 28.9 Å². The Bertz CT molecular complexity index is 818. The molecule has 1 N–H and O–H groups in total. The van der Waals surface area contributed by atoms with E-state index in [9.17, 15) is 14.4 Å². The highest BCUT2D eigenvalue weighted by atomic mass is 32.1. The van der Waals surface area contributed by atoms with Gasteiger partial charge >= 0.3 is 11.9 Å². The van der Waals surface area contributed by atoms with Crippen molar-refractivity contribution in [3.8, 4) is 0 Å². The van der Waals surface area contributed by atoms with E-state index in [4.69, 9.17) is 12.2 Å². The average molecular weight is 372 g/mol. The van der Waals surface area contributed by atoms with Gasteiger partial charge in [0, 0.05) is 5.69 Å². The molecule has 0 fully saturated rings. The number of carbonyl (C=O) groups is 3. The van der Waals surface area contributed by atoms with Crippen molar-refractivity contribution in [2.24, 2.45) is 0 Å². The number of methoxy groups -OCH3 is 2. The van der Waals surface area contributed by atoms with E-state index >= 15 is 0 Å². The summed E-state index contributed by atoms with van der Waals surface area (Å²) in [6, 6.07) is 12.7. The van der Waals surface area contributed by atoms with Gasteiger partial charge in [-0.1, -0.05) is 0 Å². The van der Waals surface area contributed by atoms with E-state index < -0.39 is 11.9 Å². The van der Waals surface area contributed by atoms with Crippen LogP contribution in [0.1, 0.15) is 20.7 Å². The summed E-state index contributed by atoms with van der Waals surface area (Å²) in [5.41, 5.74) is 1.84. The number of anilines is 2. The van der Waals surface area contributed by atoms with Crippen LogP contribution in [-0.4, -0.2) is 37.7 Å². The summed E-state index contributed by atoms with van der Waals surface area (Å²) < 4.78 is 9.26. The number of amides is 1. The van der Waals surface area contributed by atoms with Crippen molar-refractivity contribution in [1.29, 1.82) is 0 Å². The van der Waals surface area contributed by atoms with Crippen LogP contribution in [0.4, 0.5) is 11.4 Å². The number of benzene rings is 2. The molecule has 0 aliphatic rings. The fourth-order valence-electron chi connectivity index (χ4n) is 2.09. The van der Waals surface area contributed by atoms with Gasteiger partial charge in [-0.05, 0) is 60.7 Å². The molecule has 8 heteroatoms. The van der Waals surface area contributed by atoms with Crippen molar-refractivity contribution in [1.82, 2.24) is 0 Å². The number of thiocarbonyl (C=S) groups is 1. The van der Waals surface area contributed by atoms with Crippen LogP contribution in [0.25, 0.3) is 0 Å². The number of esters is 2. The maximum absolute atomic E-state index is 11.5. The van der Waals surface area contributed by atoms with Crippen molar-refractivity contribution in [2.45, 2.75) is 0 Å². The molecule has 2 rings (SSSR count). The van der Waals surface area contributed by atoms with E-state index in [1.54, 1.807) is 36.4 Å². The molecule has 0 aliphatic carbocycles. The highest BCUT2D eigenvalue weighted by Gasteiger charge is 2.13. The maximum atomic E-state index is 11.5. The lowest BCUT2D eigenvalue weighted by Crippen LogP contribution is -2.33. The third-order valence-electron chi connectivity index (χ3n) is 3.45. The lowest BCUT2D eigenvalue weighted by Gasteiger charge is -2.19. The van der Waals surface area contributed by atoms with Gasteiger partial charge in [-0.2, -0.15) is 0 Å². The quantitative estimate of drug-likeness (QED) is 0.491. The summed E-state index contributed by atoms with van der Waals surface area (Å²) >= 11 is 5.25. The van der Waals surface area contributed by atoms with Crippen molar-refractivity contribution < 1.29 is 23.9 Å². The molecule has 0 bridgehead atoms. The van der Waals surface area contributed by atoms with Crippen LogP contribution in [0.15, 0.2) is 48.5 Å². The van der Waals surface area contributed by atoms with Crippen LogP contribution >= 0.6 is 12.2 Å². The first-order chi connectivity index (χ1) is 12.5. The summed E-state index contributed by atoms with van der Waals surface area (Å²) in [6.45, 7) is 0. The van der Waals surface area contributed by atoms with Crippen LogP contribution in [0.3, 0.4) is 0 Å². The first-order valence-corrected chi connectivity index (χ1v) is 7.83. The molecule has 0 radical (unpaired) electrons. The van der Waals surface area contributed by atoms with Gasteiger partial charge in [0.15, 0.2) is 5.11 Å². The van der Waals surface area contributed by atoms with Gasteiger partial charge in [-0.25, -0.2) is 9.59 Å². The number of ether oxygens (including phenoxy) is 2. The second-order valence-electron chi connectivity index (χ2n) is 5.01. The fraction of sp³-hybridized carbons (Fsp3) is 0.111.